The molecule has 1 N–H and O–H groups in total. The van der Waals surface area contributed by atoms with Gasteiger partial charge in [0.25, 0.3) is 5.22 Å². The molecule has 0 fully saturated rings. The molecule has 2 aromatic heterocycles. The smallest absolute Gasteiger partial charge is 0.276 e. The van der Waals surface area contributed by atoms with Crippen LogP contribution in [0.25, 0.3) is 0 Å². The summed E-state index contributed by atoms with van der Waals surface area (Å²) >= 11 is 8.84. The fraction of sp³-hybridized carbons (Fsp3) is 0.235. The van der Waals surface area contributed by atoms with Gasteiger partial charge >= 0.3 is 0 Å². The molecule has 7 nitrogen and oxygen atoms in total. The highest BCUT2D eigenvalue weighted by molar-refractivity contribution is 7.99. The van der Waals surface area contributed by atoms with Gasteiger partial charge in [-0.1, -0.05) is 23.4 Å². The van der Waals surface area contributed by atoms with Gasteiger partial charge in [0.2, 0.25) is 11.8 Å². The molecule has 1 aromatic carbocycles. The number of carbonyl (C=O) groups excluding carboxylic acids is 1. The van der Waals surface area contributed by atoms with Gasteiger partial charge in [0, 0.05) is 23.2 Å². The number of hydrogen-bond donors (Lipinski definition) is 1. The van der Waals surface area contributed by atoms with E-state index in [1.807, 2.05) is 18.4 Å². The van der Waals surface area contributed by atoms with E-state index < -0.39 is 0 Å². The van der Waals surface area contributed by atoms with Gasteiger partial charge in [-0.3, -0.25) is 4.79 Å². The highest BCUT2D eigenvalue weighted by atomic mass is 35.5. The van der Waals surface area contributed by atoms with E-state index >= 15 is 0 Å². The van der Waals surface area contributed by atoms with E-state index in [1.165, 1.54) is 11.8 Å². The lowest BCUT2D eigenvalue weighted by Gasteiger charge is -2.05. The van der Waals surface area contributed by atoms with Crippen LogP contribution in [0, 0.1) is 18.3 Å². The maximum atomic E-state index is 12.0. The van der Waals surface area contributed by atoms with E-state index in [0.29, 0.717) is 39.6 Å². The largest absolute Gasteiger partial charge is 0.416 e. The third kappa shape index (κ3) is 5.53. The molecule has 0 unspecified atom stereocenters. The molecule has 0 bridgehead atoms. The maximum Gasteiger partial charge on any atom is 0.276 e. The van der Waals surface area contributed by atoms with Crippen molar-refractivity contribution in [3.63, 3.8) is 0 Å². The Hall–Kier alpha value is -2.41. The lowest BCUT2D eigenvalue weighted by molar-refractivity contribution is -0.115. The minimum absolute atomic E-state index is 0.166. The van der Waals surface area contributed by atoms with Crippen LogP contribution in [0.2, 0.25) is 5.02 Å². The number of nitriles is 1. The number of nitrogens with zero attached hydrogens (tertiary/aromatic N) is 4. The number of benzene rings is 1. The van der Waals surface area contributed by atoms with Crippen LogP contribution in [0.15, 0.2) is 33.2 Å². The van der Waals surface area contributed by atoms with Crippen molar-refractivity contribution in [2.75, 3.05) is 11.1 Å². The molecule has 0 saturated carbocycles. The Morgan fingerprint density at radius 3 is 3.00 bits per heavy atom. The number of halogens is 1. The zero-order chi connectivity index (χ0) is 19.2. The van der Waals surface area contributed by atoms with Crippen molar-refractivity contribution in [1.82, 2.24) is 15.2 Å². The second-order valence-electron chi connectivity index (χ2n) is 5.45. The van der Waals surface area contributed by atoms with Crippen molar-refractivity contribution < 1.29 is 9.21 Å². The van der Waals surface area contributed by atoms with Crippen LogP contribution in [-0.4, -0.2) is 26.8 Å². The Bertz CT molecular complexity index is 995. The number of nitrogens with one attached hydrogen (secondary N) is 1. The Morgan fingerprint density at radius 1 is 1.44 bits per heavy atom. The number of thioether (sulfide) groups is 1. The summed E-state index contributed by atoms with van der Waals surface area (Å²) in [6.07, 6.45) is 0.767. The number of amides is 1. The van der Waals surface area contributed by atoms with E-state index in [-0.39, 0.29) is 12.3 Å². The Morgan fingerprint density at radius 2 is 2.30 bits per heavy atom. The molecular weight excluding hydrogens is 406 g/mol. The first-order valence-corrected chi connectivity index (χ1v) is 10.1. The fourth-order valence-electron chi connectivity index (χ4n) is 2.15. The zero-order valence-electron chi connectivity index (χ0n) is 14.2. The van der Waals surface area contributed by atoms with Crippen LogP contribution in [0.4, 0.5) is 5.69 Å². The van der Waals surface area contributed by atoms with E-state index in [1.54, 1.807) is 29.5 Å². The normalized spacial score (nSPS) is 10.6. The van der Waals surface area contributed by atoms with E-state index in [4.69, 9.17) is 21.3 Å². The molecule has 138 valence electrons. The van der Waals surface area contributed by atoms with Gasteiger partial charge in [0.15, 0.2) is 0 Å². The average molecular weight is 420 g/mol. The summed E-state index contributed by atoms with van der Waals surface area (Å²) in [6.45, 7) is 1.94. The van der Waals surface area contributed by atoms with Crippen molar-refractivity contribution in [2.45, 2.75) is 25.0 Å². The van der Waals surface area contributed by atoms with E-state index in [0.717, 1.165) is 10.7 Å². The van der Waals surface area contributed by atoms with Gasteiger partial charge in [-0.05, 0) is 25.1 Å². The lowest BCUT2D eigenvalue weighted by atomic mass is 10.2. The molecule has 0 saturated heterocycles. The monoisotopic (exact) mass is 419 g/mol. The van der Waals surface area contributed by atoms with Gasteiger partial charge < -0.3 is 9.73 Å². The molecule has 3 aromatic rings. The summed E-state index contributed by atoms with van der Waals surface area (Å²) in [6, 6.07) is 6.73. The first kappa shape index (κ1) is 19.4. The van der Waals surface area contributed by atoms with Crippen LogP contribution in [0.5, 0.6) is 0 Å². The number of rotatable bonds is 7. The van der Waals surface area contributed by atoms with E-state index in [2.05, 4.69) is 20.5 Å². The van der Waals surface area contributed by atoms with Crippen LogP contribution >= 0.6 is 34.7 Å². The number of hydrogen-bond acceptors (Lipinski definition) is 8. The van der Waals surface area contributed by atoms with Crippen LogP contribution in [0.3, 0.4) is 0 Å². The van der Waals surface area contributed by atoms with Crippen molar-refractivity contribution in [3.8, 4) is 6.07 Å². The number of aryl methyl sites for hydroxylation is 1. The van der Waals surface area contributed by atoms with Crippen molar-refractivity contribution in [2.24, 2.45) is 0 Å². The summed E-state index contributed by atoms with van der Waals surface area (Å²) < 4.78 is 5.56. The Balaban J connectivity index is 1.45. The summed E-state index contributed by atoms with van der Waals surface area (Å²) in [5.74, 6) is 0.827. The zero-order valence-corrected chi connectivity index (χ0v) is 16.6. The Labute approximate surface area is 168 Å². The van der Waals surface area contributed by atoms with Gasteiger partial charge in [-0.15, -0.1) is 21.5 Å². The third-order valence-electron chi connectivity index (χ3n) is 3.38. The first-order valence-electron chi connectivity index (χ1n) is 7.89. The van der Waals surface area contributed by atoms with E-state index in [9.17, 15) is 4.79 Å². The molecule has 0 aliphatic rings. The first-order chi connectivity index (χ1) is 13.0. The summed E-state index contributed by atoms with van der Waals surface area (Å²) in [5.41, 5.74) is 1.82. The molecular formula is C17H14ClN5O2S2. The van der Waals surface area contributed by atoms with Crippen molar-refractivity contribution in [3.05, 3.63) is 50.8 Å². The lowest BCUT2D eigenvalue weighted by Crippen LogP contribution is -2.12. The highest BCUT2D eigenvalue weighted by Crippen LogP contribution is 2.22. The molecule has 10 heteroatoms. The molecule has 0 atom stereocenters. The minimum atomic E-state index is -0.166. The quantitative estimate of drug-likeness (QED) is 0.575. The molecule has 0 aliphatic heterocycles. The summed E-state index contributed by atoms with van der Waals surface area (Å²) in [5, 5.41) is 23.2. The van der Waals surface area contributed by atoms with Crippen LogP contribution < -0.4 is 5.32 Å². The Kier molecular flexibility index (Phi) is 6.45. The number of aromatic nitrogens is 3. The van der Waals surface area contributed by atoms with Crippen molar-refractivity contribution >= 4 is 46.3 Å². The molecule has 0 aliphatic carbocycles. The number of carbonyl (C=O) groups is 1. The number of thiazole rings is 1. The second-order valence-corrected chi connectivity index (χ2v) is 7.97. The molecule has 0 spiro atoms. The summed E-state index contributed by atoms with van der Waals surface area (Å²) in [7, 11) is 0. The molecule has 27 heavy (non-hydrogen) atoms. The SMILES string of the molecule is Cc1nc(Cc2nnc(SCCC(=O)Nc3ccc(C#N)c(Cl)c3)o2)cs1. The minimum Gasteiger partial charge on any atom is -0.416 e. The number of anilines is 1. The molecule has 0 radical (unpaired) electrons. The van der Waals surface area contributed by atoms with Crippen molar-refractivity contribution in [1.29, 1.82) is 5.26 Å². The van der Waals surface area contributed by atoms with Gasteiger partial charge in [0.05, 0.1) is 27.7 Å². The third-order valence-corrected chi connectivity index (χ3v) is 5.33. The second kappa shape index (κ2) is 8.99. The topological polar surface area (TPSA) is 105 Å². The van der Waals surface area contributed by atoms with Gasteiger partial charge in [0.1, 0.15) is 6.07 Å². The maximum absolute atomic E-state index is 12.0. The van der Waals surface area contributed by atoms with Gasteiger partial charge in [-0.2, -0.15) is 5.26 Å². The van der Waals surface area contributed by atoms with Crippen LogP contribution in [0.1, 0.15) is 28.6 Å². The predicted octanol–water partition coefficient (Wildman–Crippen LogP) is 4.07. The predicted molar refractivity (Wildman–Crippen MR) is 104 cm³/mol. The fourth-order valence-corrected chi connectivity index (χ4v) is 3.70. The molecule has 2 heterocycles. The average Bonchev–Trinajstić information content (AvgIpc) is 3.24. The van der Waals surface area contributed by atoms with Crippen LogP contribution in [-0.2, 0) is 11.2 Å². The molecule has 3 rings (SSSR count). The standard InChI is InChI=1S/C17H14ClN5O2S2/c1-10-20-13(9-27-10)7-16-22-23-17(25-16)26-5-4-15(24)21-12-3-2-11(8-19)14(18)6-12/h2-3,6,9H,4-5,7H2,1H3,(H,21,24). The highest BCUT2D eigenvalue weighted by Gasteiger charge is 2.11. The summed E-state index contributed by atoms with van der Waals surface area (Å²) in [4.78, 5) is 16.4. The van der Waals surface area contributed by atoms with Gasteiger partial charge in [-0.25, -0.2) is 4.98 Å². The molecule has 1 amide bonds.